The monoisotopic (exact) mass is 268 g/mol. The van der Waals surface area contributed by atoms with Crippen molar-refractivity contribution >= 4 is 22.4 Å². The van der Waals surface area contributed by atoms with E-state index in [2.05, 4.69) is 12.2 Å². The van der Waals surface area contributed by atoms with Crippen LogP contribution in [0.5, 0.6) is 0 Å². The van der Waals surface area contributed by atoms with Gasteiger partial charge in [-0.25, -0.2) is 0 Å². The second kappa shape index (κ2) is 4.82. The summed E-state index contributed by atoms with van der Waals surface area (Å²) < 4.78 is 0. The molecule has 20 heavy (non-hydrogen) atoms. The number of nitrogens with two attached hydrogens (primary N) is 1. The molecule has 0 spiro atoms. The normalized spacial score (nSPS) is 16.6. The quantitative estimate of drug-likeness (QED) is 0.839. The Balaban J connectivity index is 1.81. The van der Waals surface area contributed by atoms with Gasteiger partial charge in [-0.15, -0.1) is 0 Å². The molecule has 1 fully saturated rings. The number of rotatable bonds is 3. The van der Waals surface area contributed by atoms with Gasteiger partial charge in [0.1, 0.15) is 0 Å². The highest BCUT2D eigenvalue weighted by Gasteiger charge is 2.32. The number of nitrogen functional groups attached to an aromatic ring is 1. The molecule has 104 valence electrons. The van der Waals surface area contributed by atoms with E-state index in [4.69, 9.17) is 5.73 Å². The molecule has 1 amide bonds. The van der Waals surface area contributed by atoms with E-state index in [0.717, 1.165) is 17.3 Å². The molecule has 0 radical (unpaired) electrons. The van der Waals surface area contributed by atoms with Crippen molar-refractivity contribution in [2.24, 2.45) is 5.41 Å². The molecule has 1 aliphatic rings. The smallest absolute Gasteiger partial charge is 0.253 e. The van der Waals surface area contributed by atoms with Crippen LogP contribution in [0.1, 0.15) is 36.5 Å². The molecule has 2 aromatic carbocycles. The van der Waals surface area contributed by atoms with Gasteiger partial charge in [-0.3, -0.25) is 4.79 Å². The van der Waals surface area contributed by atoms with Crippen LogP contribution >= 0.6 is 0 Å². The van der Waals surface area contributed by atoms with Crippen LogP contribution in [-0.2, 0) is 0 Å². The summed E-state index contributed by atoms with van der Waals surface area (Å²) in [7, 11) is 0. The maximum Gasteiger partial charge on any atom is 0.253 e. The minimum absolute atomic E-state index is 0.0682. The third kappa shape index (κ3) is 2.36. The number of benzene rings is 2. The Morgan fingerprint density at radius 1 is 1.25 bits per heavy atom. The van der Waals surface area contributed by atoms with Gasteiger partial charge in [-0.05, 0) is 41.2 Å². The Morgan fingerprint density at radius 2 is 1.90 bits per heavy atom. The van der Waals surface area contributed by atoms with Gasteiger partial charge in [0.15, 0.2) is 0 Å². The first-order valence-electron chi connectivity index (χ1n) is 7.14. The van der Waals surface area contributed by atoms with Crippen molar-refractivity contribution in [3.8, 4) is 0 Å². The maximum atomic E-state index is 12.3. The molecule has 3 nitrogen and oxygen atoms in total. The summed E-state index contributed by atoms with van der Waals surface area (Å²) in [5, 5.41) is 5.13. The number of carbonyl (C=O) groups is 1. The van der Waals surface area contributed by atoms with E-state index >= 15 is 0 Å². The summed E-state index contributed by atoms with van der Waals surface area (Å²) in [6.45, 7) is 2.96. The highest BCUT2D eigenvalue weighted by molar-refractivity contribution is 6.03. The molecule has 0 atom stereocenters. The van der Waals surface area contributed by atoms with Gasteiger partial charge < -0.3 is 11.1 Å². The topological polar surface area (TPSA) is 55.1 Å². The molecule has 1 aliphatic carbocycles. The molecule has 2 aromatic rings. The minimum atomic E-state index is -0.0682. The minimum Gasteiger partial charge on any atom is -0.398 e. The molecule has 0 unspecified atom stereocenters. The maximum absolute atomic E-state index is 12.3. The Hall–Kier alpha value is -2.03. The molecule has 0 aliphatic heterocycles. The fourth-order valence-electron chi connectivity index (χ4n) is 2.80. The largest absolute Gasteiger partial charge is 0.398 e. The van der Waals surface area contributed by atoms with Crippen molar-refractivity contribution in [1.29, 1.82) is 0 Å². The molecule has 0 aromatic heterocycles. The van der Waals surface area contributed by atoms with Gasteiger partial charge >= 0.3 is 0 Å². The van der Waals surface area contributed by atoms with E-state index in [1.807, 2.05) is 36.4 Å². The highest BCUT2D eigenvalue weighted by atomic mass is 16.1. The van der Waals surface area contributed by atoms with E-state index in [1.54, 1.807) is 0 Å². The van der Waals surface area contributed by atoms with Gasteiger partial charge in [-0.1, -0.05) is 37.6 Å². The molecular formula is C17H20N2O. The summed E-state index contributed by atoms with van der Waals surface area (Å²) in [6.07, 6.45) is 3.66. The van der Waals surface area contributed by atoms with Gasteiger partial charge in [-0.2, -0.15) is 0 Å². The van der Waals surface area contributed by atoms with E-state index in [-0.39, 0.29) is 11.3 Å². The Labute approximate surface area is 119 Å². The van der Waals surface area contributed by atoms with Crippen molar-refractivity contribution in [2.45, 2.75) is 26.2 Å². The van der Waals surface area contributed by atoms with Crippen LogP contribution in [0.4, 0.5) is 5.69 Å². The molecule has 0 bridgehead atoms. The fourth-order valence-corrected chi connectivity index (χ4v) is 2.80. The molecule has 3 rings (SSSR count). The lowest BCUT2D eigenvalue weighted by atomic mass is 9.70. The lowest BCUT2D eigenvalue weighted by Gasteiger charge is -2.38. The average Bonchev–Trinajstić information content (AvgIpc) is 2.42. The molecule has 1 saturated carbocycles. The standard InChI is InChI=1S/C17H20N2O/c1-17(7-4-8-17)11-19-16(20)14-9-12-5-2-3-6-13(12)10-15(14)18/h2-3,5-6,9-10H,4,7-8,11,18H2,1H3,(H,19,20). The zero-order chi connectivity index (χ0) is 14.2. The van der Waals surface area contributed by atoms with Gasteiger partial charge in [0.25, 0.3) is 5.91 Å². The van der Waals surface area contributed by atoms with Gasteiger partial charge in [0.2, 0.25) is 0 Å². The third-order valence-electron chi connectivity index (χ3n) is 4.40. The Kier molecular flexibility index (Phi) is 3.13. The number of anilines is 1. The lowest BCUT2D eigenvalue weighted by molar-refractivity contribution is 0.0892. The van der Waals surface area contributed by atoms with E-state index in [9.17, 15) is 4.79 Å². The van der Waals surface area contributed by atoms with Crippen LogP contribution in [0.15, 0.2) is 36.4 Å². The number of hydrogen-bond acceptors (Lipinski definition) is 2. The van der Waals surface area contributed by atoms with Crippen molar-refractivity contribution < 1.29 is 4.79 Å². The van der Waals surface area contributed by atoms with Gasteiger partial charge in [0.05, 0.1) is 5.56 Å². The predicted molar refractivity (Wildman–Crippen MR) is 82.7 cm³/mol. The molecule has 3 heteroatoms. The number of hydrogen-bond donors (Lipinski definition) is 2. The number of nitrogens with one attached hydrogen (secondary N) is 1. The summed E-state index contributed by atoms with van der Waals surface area (Å²) in [6, 6.07) is 11.7. The zero-order valence-electron chi connectivity index (χ0n) is 11.8. The number of fused-ring (bicyclic) bond motifs is 1. The zero-order valence-corrected chi connectivity index (χ0v) is 11.8. The van der Waals surface area contributed by atoms with Crippen LogP contribution in [0.25, 0.3) is 10.8 Å². The third-order valence-corrected chi connectivity index (χ3v) is 4.40. The number of amides is 1. The summed E-state index contributed by atoms with van der Waals surface area (Å²) in [4.78, 5) is 12.3. The molecule has 0 saturated heterocycles. The van der Waals surface area contributed by atoms with Crippen LogP contribution in [0, 0.1) is 5.41 Å². The van der Waals surface area contributed by atoms with Crippen LogP contribution < -0.4 is 11.1 Å². The summed E-state index contributed by atoms with van der Waals surface area (Å²) in [5.74, 6) is -0.0682. The van der Waals surface area contributed by atoms with E-state index in [0.29, 0.717) is 11.3 Å². The van der Waals surface area contributed by atoms with Crippen LogP contribution in [0.2, 0.25) is 0 Å². The summed E-state index contributed by atoms with van der Waals surface area (Å²) in [5.41, 5.74) is 7.41. The first kappa shape index (κ1) is 13.0. The molecule has 0 heterocycles. The Bertz CT molecular complexity index is 659. The number of carbonyl (C=O) groups excluding carboxylic acids is 1. The SMILES string of the molecule is CC1(CNC(=O)c2cc3ccccc3cc2N)CCC1. The van der Waals surface area contributed by atoms with E-state index < -0.39 is 0 Å². The van der Waals surface area contributed by atoms with Crippen LogP contribution in [0.3, 0.4) is 0 Å². The van der Waals surface area contributed by atoms with Crippen molar-refractivity contribution in [3.63, 3.8) is 0 Å². The van der Waals surface area contributed by atoms with Crippen LogP contribution in [-0.4, -0.2) is 12.5 Å². The average molecular weight is 268 g/mol. The summed E-state index contributed by atoms with van der Waals surface area (Å²) >= 11 is 0. The lowest BCUT2D eigenvalue weighted by Crippen LogP contribution is -2.40. The fraction of sp³-hybridized carbons (Fsp3) is 0.353. The van der Waals surface area contributed by atoms with E-state index in [1.165, 1.54) is 19.3 Å². The van der Waals surface area contributed by atoms with Crippen molar-refractivity contribution in [2.75, 3.05) is 12.3 Å². The van der Waals surface area contributed by atoms with Crippen molar-refractivity contribution in [3.05, 3.63) is 42.0 Å². The first-order valence-corrected chi connectivity index (χ1v) is 7.14. The first-order chi connectivity index (χ1) is 9.57. The molecule has 3 N–H and O–H groups in total. The van der Waals surface area contributed by atoms with Crippen molar-refractivity contribution in [1.82, 2.24) is 5.32 Å². The highest BCUT2D eigenvalue weighted by Crippen LogP contribution is 2.39. The molecular weight excluding hydrogens is 248 g/mol. The second-order valence-electron chi connectivity index (χ2n) is 6.13. The Morgan fingerprint density at radius 3 is 2.50 bits per heavy atom. The second-order valence-corrected chi connectivity index (χ2v) is 6.13. The predicted octanol–water partition coefficient (Wildman–Crippen LogP) is 3.34. The van der Waals surface area contributed by atoms with Gasteiger partial charge in [0, 0.05) is 12.2 Å².